The summed E-state index contributed by atoms with van der Waals surface area (Å²) < 4.78 is 0. The Kier molecular flexibility index (Phi) is 11.5. The predicted octanol–water partition coefficient (Wildman–Crippen LogP) is 17.4. The highest BCUT2D eigenvalue weighted by atomic mass is 14.7. The Hall–Kier alpha value is -2.08. The summed E-state index contributed by atoms with van der Waals surface area (Å²) in [5.41, 5.74) is 3.42. The second kappa shape index (κ2) is 17.6. The summed E-state index contributed by atoms with van der Waals surface area (Å²) in [6, 6.07) is 11.3. The van der Waals surface area contributed by atoms with Crippen LogP contribution in [0.15, 0.2) is 90.6 Å². The van der Waals surface area contributed by atoms with Gasteiger partial charge < -0.3 is 0 Å². The molecule has 67 heavy (non-hydrogen) atoms. The first-order valence-corrected chi connectivity index (χ1v) is 30.5. The normalized spacial score (nSPS) is 53.7. The first kappa shape index (κ1) is 43.7. The Labute approximate surface area is 409 Å². The molecule has 12 fully saturated rings. The molecule has 12 saturated carbocycles. The minimum absolute atomic E-state index is 0.880. The van der Waals surface area contributed by atoms with Crippen molar-refractivity contribution in [1.82, 2.24) is 0 Å². The Bertz CT molecular complexity index is 2100. The molecule has 0 aliphatic heterocycles. The number of benzene rings is 1. The Morgan fingerprint density at radius 1 is 0.388 bits per heavy atom. The van der Waals surface area contributed by atoms with Gasteiger partial charge in [0.15, 0.2) is 0 Å². The van der Waals surface area contributed by atoms with Gasteiger partial charge in [-0.2, -0.15) is 0 Å². The SMILES string of the molecule is C/C=C1\CC2CC1C1C3C=CC(C3)C21.C1=CC2CC1C1C3CC(c4ccccc4)C(C3)C21.CCCCCC1CC2CC1C1C3C=CC(C3)C21.CCCCCCC1CC2CC1C1C3C=CC(C3)C21. The molecule has 0 spiro atoms. The first-order valence-electron chi connectivity index (χ1n) is 30.5. The van der Waals surface area contributed by atoms with Crippen LogP contribution in [0, 0.1) is 154 Å². The van der Waals surface area contributed by atoms with Gasteiger partial charge in [-0.05, 0) is 249 Å². The summed E-state index contributed by atoms with van der Waals surface area (Å²) in [6.45, 7) is 6.90. The van der Waals surface area contributed by atoms with Gasteiger partial charge in [0, 0.05) is 0 Å². The number of unbranched alkanes of at least 4 members (excludes halogenated alkanes) is 5. The molecule has 0 saturated heterocycles. The molecular formula is C67H92. The Morgan fingerprint density at radius 2 is 0.806 bits per heavy atom. The molecule has 0 nitrogen and oxygen atoms in total. The minimum Gasteiger partial charge on any atom is -0.0882 e. The van der Waals surface area contributed by atoms with Gasteiger partial charge in [0.2, 0.25) is 0 Å². The monoisotopic (exact) mass is 897 g/mol. The van der Waals surface area contributed by atoms with Crippen molar-refractivity contribution in [3.63, 3.8) is 0 Å². The molecule has 16 aliphatic carbocycles. The zero-order chi connectivity index (χ0) is 44.5. The summed E-state index contributed by atoms with van der Waals surface area (Å²) in [7, 11) is 0. The molecule has 360 valence electrons. The highest BCUT2D eigenvalue weighted by Crippen LogP contribution is 2.71. The van der Waals surface area contributed by atoms with Crippen LogP contribution < -0.4 is 0 Å². The topological polar surface area (TPSA) is 0 Å². The fourth-order valence-corrected chi connectivity index (χ4v) is 23.7. The van der Waals surface area contributed by atoms with Crippen molar-refractivity contribution in [3.8, 4) is 0 Å². The molecule has 0 N–H and O–H groups in total. The lowest BCUT2D eigenvalue weighted by molar-refractivity contribution is 0.142. The van der Waals surface area contributed by atoms with E-state index in [1.54, 1.807) is 49.7 Å². The average molecular weight is 897 g/mol. The summed E-state index contributed by atoms with van der Waals surface area (Å²) in [6.07, 6.45) is 54.7. The van der Waals surface area contributed by atoms with Crippen molar-refractivity contribution in [2.75, 3.05) is 0 Å². The van der Waals surface area contributed by atoms with E-state index in [1.165, 1.54) is 96.3 Å². The van der Waals surface area contributed by atoms with E-state index in [0.29, 0.717) is 0 Å². The van der Waals surface area contributed by atoms with Gasteiger partial charge in [0.25, 0.3) is 0 Å². The lowest BCUT2D eigenvalue weighted by Gasteiger charge is -2.37. The minimum atomic E-state index is 0.880. The van der Waals surface area contributed by atoms with Gasteiger partial charge >= 0.3 is 0 Å². The second-order valence-corrected chi connectivity index (χ2v) is 27.7. The van der Waals surface area contributed by atoms with Crippen molar-refractivity contribution in [2.24, 2.45) is 154 Å². The molecule has 16 bridgehead atoms. The smallest absolute Gasteiger partial charge is 0.0128 e. The van der Waals surface area contributed by atoms with E-state index in [1.807, 2.05) is 0 Å². The second-order valence-electron chi connectivity index (χ2n) is 27.7. The molecule has 16 aliphatic rings. The zero-order valence-corrected chi connectivity index (χ0v) is 42.5. The summed E-state index contributed by atoms with van der Waals surface area (Å²) in [4.78, 5) is 0. The number of hydrogen-bond donors (Lipinski definition) is 0. The summed E-state index contributed by atoms with van der Waals surface area (Å²) in [5.74, 6) is 28.5. The van der Waals surface area contributed by atoms with Crippen LogP contribution in [0.5, 0.6) is 0 Å². The lowest BCUT2D eigenvalue weighted by atomic mass is 9.68. The van der Waals surface area contributed by atoms with Gasteiger partial charge in [0.05, 0.1) is 0 Å². The van der Waals surface area contributed by atoms with Crippen molar-refractivity contribution in [1.29, 1.82) is 0 Å². The lowest BCUT2D eigenvalue weighted by Crippen LogP contribution is -2.30. The van der Waals surface area contributed by atoms with E-state index in [4.69, 9.17) is 0 Å². The molecule has 0 heterocycles. The Balaban J connectivity index is 0.0000000852. The number of allylic oxidation sites excluding steroid dienone is 10. The average Bonchev–Trinajstić information content (AvgIpc) is 4.19. The molecule has 0 heteroatoms. The molecular weight excluding hydrogens is 805 g/mol. The molecule has 27 unspecified atom stereocenters. The molecule has 0 amide bonds. The number of fused-ring (bicyclic) bond motifs is 36. The molecule has 0 radical (unpaired) electrons. The van der Waals surface area contributed by atoms with Crippen LogP contribution in [0.4, 0.5) is 0 Å². The van der Waals surface area contributed by atoms with Crippen molar-refractivity contribution >= 4 is 0 Å². The van der Waals surface area contributed by atoms with Gasteiger partial charge in [-0.15, -0.1) is 0 Å². The maximum atomic E-state index is 2.58. The van der Waals surface area contributed by atoms with Crippen LogP contribution in [-0.2, 0) is 0 Å². The Morgan fingerprint density at radius 3 is 1.33 bits per heavy atom. The first-order chi connectivity index (χ1) is 33.1. The largest absolute Gasteiger partial charge is 0.0882 e. The summed E-state index contributed by atoms with van der Waals surface area (Å²) >= 11 is 0. The number of hydrogen-bond acceptors (Lipinski definition) is 0. The highest BCUT2D eigenvalue weighted by Gasteiger charge is 2.64. The summed E-state index contributed by atoms with van der Waals surface area (Å²) in [5, 5.41) is 0. The molecule has 1 aromatic rings. The number of rotatable bonds is 10. The van der Waals surface area contributed by atoms with Crippen molar-refractivity contribution < 1.29 is 0 Å². The molecule has 17 rings (SSSR count). The van der Waals surface area contributed by atoms with E-state index >= 15 is 0 Å². The van der Waals surface area contributed by atoms with Crippen LogP contribution in [0.2, 0.25) is 0 Å². The third-order valence-corrected chi connectivity index (χ3v) is 25.4. The maximum absolute atomic E-state index is 2.58. The van der Waals surface area contributed by atoms with Gasteiger partial charge in [-0.25, -0.2) is 0 Å². The standard InChI is InChI=1S/C18H20.C18H28.C17H26.C14H18/c1-2-4-11(5-3-1)15-9-14-10-16(15)18-13-7-6-12(8-13)17(14)18;1-2-3-4-5-6-12-9-15-11-16(12)18-14-8-7-13(10-14)17(15)18;1-2-3-4-5-11-8-14-10-15(11)17-13-7-6-12(9-13)16(14)17;1-2-8-5-11-7-12(8)14-10-4-3-9(6-10)13(11)14/h1-7,12-18H,8-10H2;7-8,12-18H,2-6,9-11H2,1H3;6-7,11-17H,2-5,8-10H2,1H3;2-4,9-14H,5-7H2,1H3/b;;;8-2+. The van der Waals surface area contributed by atoms with Crippen molar-refractivity contribution in [2.45, 2.75) is 162 Å². The molecule has 27 atom stereocenters. The van der Waals surface area contributed by atoms with E-state index in [-0.39, 0.29) is 0 Å². The fourth-order valence-electron chi connectivity index (χ4n) is 23.7. The van der Waals surface area contributed by atoms with E-state index in [2.05, 4.69) is 106 Å². The van der Waals surface area contributed by atoms with Crippen LogP contribution >= 0.6 is 0 Å². The fraction of sp³-hybridized carbons (Fsp3) is 0.761. The third kappa shape index (κ3) is 7.01. The van der Waals surface area contributed by atoms with Gasteiger partial charge in [-0.1, -0.05) is 162 Å². The van der Waals surface area contributed by atoms with Gasteiger partial charge in [0.1, 0.15) is 0 Å². The van der Waals surface area contributed by atoms with Crippen molar-refractivity contribution in [3.05, 3.63) is 96.2 Å². The van der Waals surface area contributed by atoms with E-state index in [0.717, 1.165) is 160 Å². The van der Waals surface area contributed by atoms with Crippen LogP contribution in [0.3, 0.4) is 0 Å². The zero-order valence-electron chi connectivity index (χ0n) is 42.5. The quantitative estimate of drug-likeness (QED) is 0.125. The van der Waals surface area contributed by atoms with Gasteiger partial charge in [-0.3, -0.25) is 0 Å². The highest BCUT2D eigenvalue weighted by molar-refractivity contribution is 5.30. The van der Waals surface area contributed by atoms with Crippen LogP contribution in [0.25, 0.3) is 0 Å². The van der Waals surface area contributed by atoms with Crippen LogP contribution in [0.1, 0.15) is 167 Å². The van der Waals surface area contributed by atoms with E-state index in [9.17, 15) is 0 Å². The third-order valence-electron chi connectivity index (χ3n) is 25.4. The maximum Gasteiger partial charge on any atom is -0.0128 e. The van der Waals surface area contributed by atoms with Crippen LogP contribution in [-0.4, -0.2) is 0 Å². The molecule has 1 aromatic carbocycles. The predicted molar refractivity (Wildman–Crippen MR) is 279 cm³/mol. The molecule has 0 aromatic heterocycles. The van der Waals surface area contributed by atoms with E-state index < -0.39 is 0 Å².